The monoisotopic (exact) mass is 312 g/mol. The predicted molar refractivity (Wildman–Crippen MR) is 82.7 cm³/mol. The second-order valence-electron chi connectivity index (χ2n) is 5.91. The van der Waals surface area contributed by atoms with Gasteiger partial charge in [-0.1, -0.05) is 12.1 Å². The van der Waals surface area contributed by atoms with E-state index in [1.165, 1.54) is 0 Å². The van der Waals surface area contributed by atoms with Crippen LogP contribution in [0.2, 0.25) is 0 Å². The average Bonchev–Trinajstić information content (AvgIpc) is 2.38. The molecule has 0 aromatic heterocycles. The predicted octanol–water partition coefficient (Wildman–Crippen LogP) is 0.984. The first-order valence-corrected chi connectivity index (χ1v) is 8.75. The summed E-state index contributed by atoms with van der Waals surface area (Å²) in [5.74, 6) is 0. The highest BCUT2D eigenvalue weighted by Crippen LogP contribution is 2.35. The standard InChI is InChI=1S/C15H24N2O3S/c1-17(2)15(9-3-10-15)12-16-21(19,20)14-6-4-13(5-7-14)8-11-18/h4-7,16,18H,3,8-12H2,1-2H3. The van der Waals surface area contributed by atoms with Crippen LogP contribution in [0.1, 0.15) is 24.8 Å². The SMILES string of the molecule is CN(C)C1(CNS(=O)(=O)c2ccc(CCO)cc2)CCC1. The third kappa shape index (κ3) is 3.63. The van der Waals surface area contributed by atoms with Gasteiger partial charge < -0.3 is 10.0 Å². The van der Waals surface area contributed by atoms with E-state index in [0.717, 1.165) is 24.8 Å². The smallest absolute Gasteiger partial charge is 0.240 e. The van der Waals surface area contributed by atoms with Gasteiger partial charge in [0.2, 0.25) is 10.0 Å². The van der Waals surface area contributed by atoms with Gasteiger partial charge >= 0.3 is 0 Å². The molecule has 5 nitrogen and oxygen atoms in total. The molecule has 1 saturated carbocycles. The molecule has 6 heteroatoms. The van der Waals surface area contributed by atoms with E-state index in [2.05, 4.69) is 9.62 Å². The zero-order chi connectivity index (χ0) is 15.5. The molecule has 2 N–H and O–H groups in total. The number of aliphatic hydroxyl groups is 1. The molecule has 2 rings (SSSR count). The zero-order valence-corrected chi connectivity index (χ0v) is 13.5. The Kier molecular flexibility index (Phi) is 5.03. The van der Waals surface area contributed by atoms with Crippen LogP contribution in [0.5, 0.6) is 0 Å². The van der Waals surface area contributed by atoms with Crippen molar-refractivity contribution in [1.29, 1.82) is 0 Å². The maximum absolute atomic E-state index is 12.3. The maximum atomic E-state index is 12.3. The van der Waals surface area contributed by atoms with Gasteiger partial charge in [-0.25, -0.2) is 13.1 Å². The lowest BCUT2D eigenvalue weighted by Gasteiger charge is -2.47. The van der Waals surface area contributed by atoms with Crippen LogP contribution >= 0.6 is 0 Å². The molecule has 0 radical (unpaired) electrons. The molecular formula is C15H24N2O3S. The van der Waals surface area contributed by atoms with Gasteiger partial charge in [-0.2, -0.15) is 0 Å². The highest BCUT2D eigenvalue weighted by atomic mass is 32.2. The molecule has 0 atom stereocenters. The first kappa shape index (κ1) is 16.4. The molecule has 21 heavy (non-hydrogen) atoms. The Hall–Kier alpha value is -0.950. The molecule has 1 aliphatic carbocycles. The summed E-state index contributed by atoms with van der Waals surface area (Å²) >= 11 is 0. The second kappa shape index (κ2) is 6.44. The van der Waals surface area contributed by atoms with E-state index >= 15 is 0 Å². The van der Waals surface area contributed by atoms with E-state index in [-0.39, 0.29) is 17.0 Å². The molecule has 1 aliphatic rings. The Bertz CT molecular complexity index is 563. The van der Waals surface area contributed by atoms with Crippen molar-refractivity contribution in [3.63, 3.8) is 0 Å². The fraction of sp³-hybridized carbons (Fsp3) is 0.600. The highest BCUT2D eigenvalue weighted by molar-refractivity contribution is 7.89. The number of nitrogens with one attached hydrogen (secondary N) is 1. The summed E-state index contributed by atoms with van der Waals surface area (Å²) in [4.78, 5) is 2.39. The molecule has 0 bridgehead atoms. The molecule has 1 aromatic rings. The number of hydrogen-bond donors (Lipinski definition) is 2. The van der Waals surface area contributed by atoms with E-state index in [1.807, 2.05) is 14.1 Å². The van der Waals surface area contributed by atoms with Gasteiger partial charge in [0.1, 0.15) is 0 Å². The Morgan fingerprint density at radius 3 is 2.29 bits per heavy atom. The van der Waals surface area contributed by atoms with E-state index < -0.39 is 10.0 Å². The van der Waals surface area contributed by atoms with Crippen molar-refractivity contribution in [3.8, 4) is 0 Å². The van der Waals surface area contributed by atoms with Crippen molar-refractivity contribution in [3.05, 3.63) is 29.8 Å². The first-order valence-electron chi connectivity index (χ1n) is 7.26. The molecule has 0 spiro atoms. The molecular weight excluding hydrogens is 288 g/mol. The van der Waals surface area contributed by atoms with E-state index in [9.17, 15) is 8.42 Å². The lowest BCUT2D eigenvalue weighted by Crippen LogP contribution is -2.57. The molecule has 1 fully saturated rings. The molecule has 0 amide bonds. The lowest BCUT2D eigenvalue weighted by molar-refractivity contribution is 0.0657. The normalized spacial score (nSPS) is 17.7. The molecule has 0 aliphatic heterocycles. The van der Waals surface area contributed by atoms with Gasteiger partial charge in [-0.15, -0.1) is 0 Å². The van der Waals surface area contributed by atoms with E-state index in [4.69, 9.17) is 5.11 Å². The summed E-state index contributed by atoms with van der Waals surface area (Å²) in [6.45, 7) is 0.510. The molecule has 118 valence electrons. The summed E-state index contributed by atoms with van der Waals surface area (Å²) in [5.41, 5.74) is 0.893. The minimum Gasteiger partial charge on any atom is -0.396 e. The van der Waals surface area contributed by atoms with E-state index in [0.29, 0.717) is 13.0 Å². The van der Waals surface area contributed by atoms with Gasteiger partial charge in [0.15, 0.2) is 0 Å². The maximum Gasteiger partial charge on any atom is 0.240 e. The van der Waals surface area contributed by atoms with Crippen molar-refractivity contribution in [2.45, 2.75) is 36.1 Å². The molecule has 0 heterocycles. The lowest BCUT2D eigenvalue weighted by atomic mass is 9.76. The number of likely N-dealkylation sites (N-methyl/N-ethyl adjacent to an activating group) is 1. The number of nitrogens with zero attached hydrogens (tertiary/aromatic N) is 1. The van der Waals surface area contributed by atoms with Crippen LogP contribution < -0.4 is 4.72 Å². The Morgan fingerprint density at radius 2 is 1.86 bits per heavy atom. The quantitative estimate of drug-likeness (QED) is 0.787. The Balaban J connectivity index is 2.04. The second-order valence-corrected chi connectivity index (χ2v) is 7.68. The van der Waals surface area contributed by atoms with Gasteiger partial charge in [-0.3, -0.25) is 0 Å². The van der Waals surface area contributed by atoms with Crippen LogP contribution in [0, 0.1) is 0 Å². The summed E-state index contributed by atoms with van der Waals surface area (Å²) in [7, 11) is 0.520. The molecule has 0 unspecified atom stereocenters. The van der Waals surface area contributed by atoms with Gasteiger partial charge in [-0.05, 0) is 57.5 Å². The first-order chi connectivity index (χ1) is 9.89. The molecule has 1 aromatic carbocycles. The third-order valence-electron chi connectivity index (χ3n) is 4.46. The summed E-state index contributed by atoms with van der Waals surface area (Å²) < 4.78 is 27.4. The topological polar surface area (TPSA) is 69.6 Å². The van der Waals surface area contributed by atoms with Crippen LogP contribution in [0.15, 0.2) is 29.2 Å². The number of rotatable bonds is 7. The van der Waals surface area contributed by atoms with Crippen molar-refractivity contribution >= 4 is 10.0 Å². The van der Waals surface area contributed by atoms with Crippen LogP contribution in [0.3, 0.4) is 0 Å². The highest BCUT2D eigenvalue weighted by Gasteiger charge is 2.39. The summed E-state index contributed by atoms with van der Waals surface area (Å²) in [6.07, 6.45) is 3.74. The number of aliphatic hydroxyl groups excluding tert-OH is 1. The van der Waals surface area contributed by atoms with Crippen LogP contribution in [0.25, 0.3) is 0 Å². The van der Waals surface area contributed by atoms with Crippen molar-refractivity contribution in [2.75, 3.05) is 27.2 Å². The Morgan fingerprint density at radius 1 is 1.24 bits per heavy atom. The zero-order valence-electron chi connectivity index (χ0n) is 12.7. The van der Waals surface area contributed by atoms with Crippen molar-refractivity contribution in [2.24, 2.45) is 0 Å². The number of benzene rings is 1. The minimum atomic E-state index is -3.47. The number of hydrogen-bond acceptors (Lipinski definition) is 4. The largest absolute Gasteiger partial charge is 0.396 e. The van der Waals surface area contributed by atoms with Crippen LogP contribution in [0.4, 0.5) is 0 Å². The third-order valence-corrected chi connectivity index (χ3v) is 5.88. The van der Waals surface area contributed by atoms with Crippen molar-refractivity contribution in [1.82, 2.24) is 9.62 Å². The fourth-order valence-corrected chi connectivity index (χ4v) is 3.76. The summed E-state index contributed by atoms with van der Waals surface area (Å²) in [5, 5.41) is 8.87. The molecule has 0 saturated heterocycles. The minimum absolute atomic E-state index is 0.0378. The van der Waals surface area contributed by atoms with E-state index in [1.54, 1.807) is 24.3 Å². The average molecular weight is 312 g/mol. The number of sulfonamides is 1. The fourth-order valence-electron chi connectivity index (χ4n) is 2.64. The van der Waals surface area contributed by atoms with Gasteiger partial charge in [0.05, 0.1) is 4.90 Å². The van der Waals surface area contributed by atoms with Crippen molar-refractivity contribution < 1.29 is 13.5 Å². The summed E-state index contributed by atoms with van der Waals surface area (Å²) in [6, 6.07) is 6.68. The van der Waals surface area contributed by atoms with Crippen LogP contribution in [-0.4, -0.2) is 51.2 Å². The van der Waals surface area contributed by atoms with Gasteiger partial charge in [0, 0.05) is 18.7 Å². The Labute approximate surface area is 127 Å². The van der Waals surface area contributed by atoms with Gasteiger partial charge in [0.25, 0.3) is 0 Å². The van der Waals surface area contributed by atoms with Crippen LogP contribution in [-0.2, 0) is 16.4 Å².